The Bertz CT molecular complexity index is 670. The van der Waals surface area contributed by atoms with E-state index in [1.807, 2.05) is 6.92 Å². The Morgan fingerprint density at radius 1 is 1.05 bits per heavy atom. The maximum Gasteiger partial charge on any atom is 0.0843 e. The Balaban J connectivity index is 2.74. The molecule has 0 saturated heterocycles. The molecule has 2 rings (SSSR count). The third-order valence-corrected chi connectivity index (χ3v) is 8.35. The lowest BCUT2D eigenvalue weighted by Gasteiger charge is -2.22. The number of aryl methyl sites for hydroxylation is 1. The lowest BCUT2D eigenvalue weighted by Crippen LogP contribution is -2.37. The molecule has 0 aliphatic rings. The monoisotopic (exact) mass is 296 g/mol. The highest BCUT2D eigenvalue weighted by molar-refractivity contribution is 7.42. The van der Waals surface area contributed by atoms with Gasteiger partial charge in [0.2, 0.25) is 0 Å². The van der Waals surface area contributed by atoms with Crippen LogP contribution in [0.4, 0.5) is 0 Å². The number of hydrogen-bond donors (Lipinski definition) is 0. The zero-order valence-corrected chi connectivity index (χ0v) is 14.8. The third kappa shape index (κ3) is 3.21. The van der Waals surface area contributed by atoms with Gasteiger partial charge < -0.3 is 0 Å². The van der Waals surface area contributed by atoms with Crippen LogP contribution in [-0.2, 0) is 0 Å². The molecule has 0 aliphatic heterocycles. The minimum Gasteiger partial charge on any atom is -0.101 e. The first-order valence-electron chi connectivity index (χ1n) is 6.94. The second kappa shape index (κ2) is 5.96. The van der Waals surface area contributed by atoms with Crippen LogP contribution in [0.15, 0.2) is 36.4 Å². The van der Waals surface area contributed by atoms with E-state index in [2.05, 4.69) is 74.8 Å². The van der Waals surface area contributed by atoms with Gasteiger partial charge in [-0.05, 0) is 41.3 Å². The first kappa shape index (κ1) is 15.0. The highest BCUT2D eigenvalue weighted by Crippen LogP contribution is 2.29. The van der Waals surface area contributed by atoms with E-state index in [4.69, 9.17) is 0 Å². The average Bonchev–Trinajstić information content (AvgIpc) is 2.41. The molecular weight excluding hydrogens is 275 g/mol. The fourth-order valence-corrected chi connectivity index (χ4v) is 6.04. The largest absolute Gasteiger partial charge is 0.101 e. The summed E-state index contributed by atoms with van der Waals surface area (Å²) in [6.45, 7) is 11.4. The van der Waals surface area contributed by atoms with Gasteiger partial charge in [-0.3, -0.25) is 0 Å². The molecule has 1 aromatic heterocycles. The molecule has 0 spiro atoms. The van der Waals surface area contributed by atoms with Gasteiger partial charge in [0.05, 0.1) is 8.07 Å². The van der Waals surface area contributed by atoms with Gasteiger partial charge in [-0.15, -0.1) is 5.92 Å². The van der Waals surface area contributed by atoms with Crippen LogP contribution < -0.4 is 4.92 Å². The van der Waals surface area contributed by atoms with Crippen molar-refractivity contribution in [2.45, 2.75) is 33.5 Å². The highest BCUT2D eigenvalue weighted by Gasteiger charge is 2.22. The molecule has 20 heavy (non-hydrogen) atoms. The topological polar surface area (TPSA) is 0 Å². The molecule has 0 fully saturated rings. The van der Waals surface area contributed by atoms with E-state index in [0.717, 1.165) is 0 Å². The Morgan fingerprint density at radius 3 is 2.25 bits per heavy atom. The van der Waals surface area contributed by atoms with Crippen LogP contribution in [0.1, 0.15) is 17.8 Å². The molecule has 0 saturated carbocycles. The lowest BCUT2D eigenvalue weighted by molar-refractivity contribution is 1.54. The number of rotatable bonds is 2. The van der Waals surface area contributed by atoms with Gasteiger partial charge in [0.25, 0.3) is 0 Å². The van der Waals surface area contributed by atoms with Crippen molar-refractivity contribution in [2.24, 2.45) is 0 Å². The summed E-state index contributed by atoms with van der Waals surface area (Å²) in [5.74, 6) is 6.29. The smallest absolute Gasteiger partial charge is 0.0843 e. The van der Waals surface area contributed by atoms with Crippen molar-refractivity contribution in [1.82, 2.24) is 0 Å². The summed E-state index contributed by atoms with van der Waals surface area (Å²) in [7, 11) is 0.0235. The van der Waals surface area contributed by atoms with Gasteiger partial charge >= 0.3 is 0 Å². The fraction of sp³-hybridized carbons (Fsp3) is 0.278. The van der Waals surface area contributed by atoms with Gasteiger partial charge in [-0.1, -0.05) is 64.1 Å². The van der Waals surface area contributed by atoms with Crippen LogP contribution in [-0.4, -0.2) is 8.07 Å². The molecule has 102 valence electrons. The van der Waals surface area contributed by atoms with Crippen LogP contribution in [0.25, 0.3) is 11.1 Å². The van der Waals surface area contributed by atoms with Crippen molar-refractivity contribution in [3.63, 3.8) is 0 Å². The van der Waals surface area contributed by atoms with Crippen LogP contribution in [0, 0.1) is 18.8 Å². The summed E-state index contributed by atoms with van der Waals surface area (Å²) >= 11 is 0. The van der Waals surface area contributed by atoms with Crippen molar-refractivity contribution < 1.29 is 0 Å². The Morgan fingerprint density at radius 2 is 1.70 bits per heavy atom. The minimum atomic E-state index is -1.34. The molecule has 2 heteroatoms. The molecular formula is C18H21PSi. The molecule has 2 aromatic rings. The van der Waals surface area contributed by atoms with Gasteiger partial charge in [0.1, 0.15) is 0 Å². The molecule has 0 amide bonds. The van der Waals surface area contributed by atoms with Gasteiger partial charge in [-0.25, -0.2) is 0 Å². The molecule has 0 aliphatic carbocycles. The van der Waals surface area contributed by atoms with Gasteiger partial charge in [0.15, 0.2) is 0 Å². The molecule has 0 nitrogen and oxygen atoms in total. The Labute approximate surface area is 125 Å². The highest BCUT2D eigenvalue weighted by atomic mass is 31.0. The Hall–Kier alpha value is -1.35. The van der Waals surface area contributed by atoms with E-state index in [1.165, 1.54) is 30.2 Å². The van der Waals surface area contributed by atoms with Crippen LogP contribution >= 0.6 is 8.19 Å². The van der Waals surface area contributed by atoms with E-state index in [1.54, 1.807) is 4.92 Å². The van der Waals surface area contributed by atoms with Crippen molar-refractivity contribution in [3.05, 3.63) is 47.3 Å². The van der Waals surface area contributed by atoms with E-state index < -0.39 is 8.07 Å². The molecule has 0 radical (unpaired) electrons. The summed E-state index contributed by atoms with van der Waals surface area (Å²) in [6.07, 6.45) is 0. The number of benzene rings is 1. The van der Waals surface area contributed by atoms with Crippen LogP contribution in [0.3, 0.4) is 0 Å². The third-order valence-electron chi connectivity index (χ3n) is 3.27. The molecule has 1 aromatic carbocycles. The molecule has 1 heterocycles. The maximum atomic E-state index is 3.25. The number of hydrogen-bond acceptors (Lipinski definition) is 0. The molecule has 0 unspecified atom stereocenters. The molecule has 0 atom stereocenters. The van der Waals surface area contributed by atoms with E-state index in [0.29, 0.717) is 0 Å². The summed E-state index contributed by atoms with van der Waals surface area (Å²) < 4.78 is 0. The van der Waals surface area contributed by atoms with Crippen molar-refractivity contribution >= 4 is 21.2 Å². The van der Waals surface area contributed by atoms with Crippen molar-refractivity contribution in [3.8, 4) is 23.0 Å². The minimum absolute atomic E-state index is 1.19. The SMILES string of the molecule is CC#Cc1cc(-c2ccccc2)c([Si](C)(C)C)pc1C. The predicted molar refractivity (Wildman–Crippen MR) is 94.7 cm³/mol. The Kier molecular flexibility index (Phi) is 4.48. The average molecular weight is 296 g/mol. The zero-order valence-electron chi connectivity index (χ0n) is 12.9. The fourth-order valence-electron chi connectivity index (χ4n) is 2.28. The van der Waals surface area contributed by atoms with Crippen LogP contribution in [0.5, 0.6) is 0 Å². The van der Waals surface area contributed by atoms with Crippen molar-refractivity contribution in [1.29, 1.82) is 0 Å². The zero-order chi connectivity index (χ0) is 14.8. The summed E-state index contributed by atoms with van der Waals surface area (Å²) in [4.78, 5) is 1.61. The van der Waals surface area contributed by atoms with Gasteiger partial charge in [0, 0.05) is 5.56 Å². The van der Waals surface area contributed by atoms with E-state index in [-0.39, 0.29) is 0 Å². The summed E-state index contributed by atoms with van der Waals surface area (Å²) in [6, 6.07) is 13.0. The maximum absolute atomic E-state index is 3.25. The molecule has 0 N–H and O–H groups in total. The standard InChI is InChI=1S/C18H21PSi/c1-6-10-16-13-17(15-11-8-7-9-12-15)18(19-14(16)2)20(3,4)5/h7-9,11-13H,1-5H3. The summed E-state index contributed by atoms with van der Waals surface area (Å²) in [5, 5.41) is 1.39. The van der Waals surface area contributed by atoms with E-state index in [9.17, 15) is 0 Å². The summed E-state index contributed by atoms with van der Waals surface area (Å²) in [5.41, 5.74) is 3.91. The molecule has 0 bridgehead atoms. The first-order chi connectivity index (χ1) is 9.43. The normalized spacial score (nSPS) is 11.2. The predicted octanol–water partition coefficient (Wildman–Crippen LogP) is 5.16. The first-order valence-corrected chi connectivity index (χ1v) is 11.3. The van der Waals surface area contributed by atoms with Crippen molar-refractivity contribution in [2.75, 3.05) is 0 Å². The van der Waals surface area contributed by atoms with Gasteiger partial charge in [-0.2, -0.15) is 0 Å². The second-order valence-corrected chi connectivity index (χ2v) is 12.8. The second-order valence-electron chi connectivity index (χ2n) is 6.01. The van der Waals surface area contributed by atoms with E-state index >= 15 is 0 Å². The quantitative estimate of drug-likeness (QED) is 0.530. The van der Waals surface area contributed by atoms with Crippen LogP contribution in [0.2, 0.25) is 19.6 Å². The lowest BCUT2D eigenvalue weighted by atomic mass is 10.1.